The van der Waals surface area contributed by atoms with Gasteiger partial charge in [-0.25, -0.2) is 4.68 Å². The molecule has 1 aliphatic rings. The molecule has 19 heavy (non-hydrogen) atoms. The van der Waals surface area contributed by atoms with Crippen LogP contribution in [-0.2, 0) is 11.3 Å². The van der Waals surface area contributed by atoms with Crippen molar-refractivity contribution in [3.05, 3.63) is 22.6 Å². The largest absolute Gasteiger partial charge is 0.381 e. The van der Waals surface area contributed by atoms with Crippen LogP contribution in [0, 0.1) is 5.92 Å². The van der Waals surface area contributed by atoms with E-state index < -0.39 is 0 Å². The van der Waals surface area contributed by atoms with Gasteiger partial charge in [-0.15, -0.1) is 0 Å². The molecule has 1 aromatic heterocycles. The summed E-state index contributed by atoms with van der Waals surface area (Å²) in [7, 11) is 0. The molecule has 0 amide bonds. The van der Waals surface area contributed by atoms with Crippen LogP contribution < -0.4 is 10.9 Å². The standard InChI is InChI=1S/C14H23N3O2/c1-11(2)10-19-7-6-17-14(18)8-13(9-15-17)16-12-4-3-5-12/h8-9,11-12,16H,3-7,10H2,1-2H3. The van der Waals surface area contributed by atoms with Crippen molar-refractivity contribution in [1.82, 2.24) is 9.78 Å². The van der Waals surface area contributed by atoms with Gasteiger partial charge in [0.2, 0.25) is 0 Å². The molecule has 1 aromatic rings. The zero-order chi connectivity index (χ0) is 13.7. The average molecular weight is 265 g/mol. The lowest BCUT2D eigenvalue weighted by Gasteiger charge is -2.27. The van der Waals surface area contributed by atoms with Gasteiger partial charge in [0.1, 0.15) is 0 Å². The third-order valence-electron chi connectivity index (χ3n) is 3.24. The topological polar surface area (TPSA) is 56.1 Å². The Labute approximate surface area is 114 Å². The number of anilines is 1. The summed E-state index contributed by atoms with van der Waals surface area (Å²) in [5.74, 6) is 0.513. The Morgan fingerprint density at radius 1 is 1.53 bits per heavy atom. The van der Waals surface area contributed by atoms with Crippen molar-refractivity contribution in [2.45, 2.75) is 45.7 Å². The van der Waals surface area contributed by atoms with E-state index in [1.165, 1.54) is 23.9 Å². The highest BCUT2D eigenvalue weighted by molar-refractivity contribution is 5.40. The van der Waals surface area contributed by atoms with Gasteiger partial charge < -0.3 is 10.1 Å². The summed E-state index contributed by atoms with van der Waals surface area (Å²) in [6.45, 7) is 5.96. The smallest absolute Gasteiger partial charge is 0.268 e. The van der Waals surface area contributed by atoms with E-state index in [0.29, 0.717) is 25.1 Å². The van der Waals surface area contributed by atoms with Crippen LogP contribution >= 0.6 is 0 Å². The second kappa shape index (κ2) is 6.70. The Morgan fingerprint density at radius 3 is 2.89 bits per heavy atom. The Kier molecular flexibility index (Phi) is 4.96. The molecule has 1 fully saturated rings. The monoisotopic (exact) mass is 265 g/mol. The molecule has 0 atom stereocenters. The first-order valence-corrected chi connectivity index (χ1v) is 7.06. The molecule has 1 aliphatic carbocycles. The number of hydrogen-bond acceptors (Lipinski definition) is 4. The molecular weight excluding hydrogens is 242 g/mol. The average Bonchev–Trinajstić information content (AvgIpc) is 2.31. The molecule has 106 valence electrons. The summed E-state index contributed by atoms with van der Waals surface area (Å²) in [4.78, 5) is 11.9. The van der Waals surface area contributed by atoms with E-state index in [0.717, 1.165) is 12.3 Å². The molecular formula is C14H23N3O2. The normalized spacial score (nSPS) is 15.5. The molecule has 1 heterocycles. The first-order chi connectivity index (χ1) is 9.15. The first-order valence-electron chi connectivity index (χ1n) is 7.06. The van der Waals surface area contributed by atoms with E-state index in [9.17, 15) is 4.79 Å². The summed E-state index contributed by atoms with van der Waals surface area (Å²) in [6, 6.07) is 2.14. The van der Waals surface area contributed by atoms with Crippen LogP contribution in [0.3, 0.4) is 0 Å². The minimum atomic E-state index is -0.0718. The SMILES string of the molecule is CC(C)COCCn1ncc(NC2CCC2)cc1=O. The Morgan fingerprint density at radius 2 is 2.32 bits per heavy atom. The lowest BCUT2D eigenvalue weighted by molar-refractivity contribution is 0.100. The van der Waals surface area contributed by atoms with Crippen molar-refractivity contribution >= 4 is 5.69 Å². The summed E-state index contributed by atoms with van der Waals surface area (Å²) >= 11 is 0. The lowest BCUT2D eigenvalue weighted by Crippen LogP contribution is -2.29. The molecule has 2 rings (SSSR count). The van der Waals surface area contributed by atoms with E-state index in [1.54, 1.807) is 12.3 Å². The fourth-order valence-electron chi connectivity index (χ4n) is 1.94. The minimum Gasteiger partial charge on any atom is -0.381 e. The molecule has 1 saturated carbocycles. The number of aromatic nitrogens is 2. The predicted octanol–water partition coefficient (Wildman–Crippen LogP) is 1.88. The van der Waals surface area contributed by atoms with Crippen LogP contribution in [0.15, 0.2) is 17.1 Å². The van der Waals surface area contributed by atoms with Gasteiger partial charge in [-0.05, 0) is 25.2 Å². The van der Waals surface area contributed by atoms with Crippen molar-refractivity contribution in [1.29, 1.82) is 0 Å². The second-order valence-electron chi connectivity index (χ2n) is 5.55. The van der Waals surface area contributed by atoms with Crippen LogP contribution in [0.5, 0.6) is 0 Å². The van der Waals surface area contributed by atoms with E-state index in [2.05, 4.69) is 24.3 Å². The van der Waals surface area contributed by atoms with Gasteiger partial charge in [-0.1, -0.05) is 13.8 Å². The Bertz CT molecular complexity index is 452. The quantitative estimate of drug-likeness (QED) is 0.765. The highest BCUT2D eigenvalue weighted by Gasteiger charge is 2.17. The van der Waals surface area contributed by atoms with Gasteiger partial charge in [0.15, 0.2) is 0 Å². The maximum absolute atomic E-state index is 11.9. The predicted molar refractivity (Wildman–Crippen MR) is 75.4 cm³/mol. The van der Waals surface area contributed by atoms with Gasteiger partial charge in [0.05, 0.1) is 25.0 Å². The zero-order valence-corrected chi connectivity index (χ0v) is 11.8. The van der Waals surface area contributed by atoms with Gasteiger partial charge in [-0.3, -0.25) is 4.79 Å². The molecule has 5 heteroatoms. The van der Waals surface area contributed by atoms with Crippen LogP contribution in [0.2, 0.25) is 0 Å². The first kappa shape index (κ1) is 14.1. The number of rotatable bonds is 7. The van der Waals surface area contributed by atoms with E-state index in [4.69, 9.17) is 4.74 Å². The molecule has 1 N–H and O–H groups in total. The summed E-state index contributed by atoms with van der Waals surface area (Å²) < 4.78 is 6.91. The number of hydrogen-bond donors (Lipinski definition) is 1. The highest BCUT2D eigenvalue weighted by Crippen LogP contribution is 2.21. The van der Waals surface area contributed by atoms with E-state index in [1.807, 2.05) is 0 Å². The van der Waals surface area contributed by atoms with Crippen molar-refractivity contribution in [3.8, 4) is 0 Å². The molecule has 0 aromatic carbocycles. The lowest BCUT2D eigenvalue weighted by atomic mass is 9.93. The van der Waals surface area contributed by atoms with Gasteiger partial charge in [-0.2, -0.15) is 5.10 Å². The fraction of sp³-hybridized carbons (Fsp3) is 0.714. The van der Waals surface area contributed by atoms with Crippen molar-refractivity contribution in [2.75, 3.05) is 18.5 Å². The Hall–Kier alpha value is -1.36. The Balaban J connectivity index is 1.82. The van der Waals surface area contributed by atoms with Crippen LogP contribution in [0.25, 0.3) is 0 Å². The van der Waals surface area contributed by atoms with Gasteiger partial charge in [0.25, 0.3) is 5.56 Å². The molecule has 0 radical (unpaired) electrons. The van der Waals surface area contributed by atoms with E-state index in [-0.39, 0.29) is 5.56 Å². The highest BCUT2D eigenvalue weighted by atomic mass is 16.5. The van der Waals surface area contributed by atoms with Crippen molar-refractivity contribution in [3.63, 3.8) is 0 Å². The van der Waals surface area contributed by atoms with E-state index >= 15 is 0 Å². The van der Waals surface area contributed by atoms with Crippen molar-refractivity contribution in [2.24, 2.45) is 5.92 Å². The number of ether oxygens (including phenoxy) is 1. The summed E-state index contributed by atoms with van der Waals surface area (Å²) in [6.07, 6.45) is 5.37. The molecule has 0 saturated heterocycles. The zero-order valence-electron chi connectivity index (χ0n) is 11.8. The molecule has 0 aliphatic heterocycles. The molecule has 5 nitrogen and oxygen atoms in total. The van der Waals surface area contributed by atoms with Crippen LogP contribution in [0.4, 0.5) is 5.69 Å². The third kappa shape index (κ3) is 4.35. The summed E-state index contributed by atoms with van der Waals surface area (Å²) in [5.41, 5.74) is 0.756. The van der Waals surface area contributed by atoms with Crippen molar-refractivity contribution < 1.29 is 4.74 Å². The number of nitrogens with zero attached hydrogens (tertiary/aromatic N) is 2. The van der Waals surface area contributed by atoms with Crippen LogP contribution in [-0.4, -0.2) is 29.0 Å². The number of nitrogens with one attached hydrogen (secondary N) is 1. The van der Waals surface area contributed by atoms with Crippen LogP contribution in [0.1, 0.15) is 33.1 Å². The maximum Gasteiger partial charge on any atom is 0.268 e. The fourth-order valence-corrected chi connectivity index (χ4v) is 1.94. The molecule has 0 unspecified atom stereocenters. The molecule has 0 spiro atoms. The minimum absolute atomic E-state index is 0.0718. The van der Waals surface area contributed by atoms with Gasteiger partial charge >= 0.3 is 0 Å². The third-order valence-corrected chi connectivity index (χ3v) is 3.24. The van der Waals surface area contributed by atoms with Gasteiger partial charge in [0, 0.05) is 18.7 Å². The second-order valence-corrected chi connectivity index (χ2v) is 5.55. The molecule has 0 bridgehead atoms. The maximum atomic E-state index is 11.9. The summed E-state index contributed by atoms with van der Waals surface area (Å²) in [5, 5.41) is 7.49.